The van der Waals surface area contributed by atoms with Crippen LogP contribution in [0.5, 0.6) is 0 Å². The molecule has 16 heavy (non-hydrogen) atoms. The highest BCUT2D eigenvalue weighted by Crippen LogP contribution is 2.11. The first-order valence-electron chi connectivity index (χ1n) is 5.42. The molecule has 0 saturated carbocycles. The Labute approximate surface area is 95.8 Å². The quantitative estimate of drug-likeness (QED) is 0.822. The van der Waals surface area contributed by atoms with Gasteiger partial charge in [-0.1, -0.05) is 19.1 Å². The van der Waals surface area contributed by atoms with Crippen molar-refractivity contribution >= 4 is 11.8 Å². The zero-order chi connectivity index (χ0) is 12.0. The molecule has 3 N–H and O–H groups in total. The Morgan fingerprint density at radius 2 is 2.31 bits per heavy atom. The molecule has 0 aliphatic rings. The van der Waals surface area contributed by atoms with Gasteiger partial charge in [0.2, 0.25) is 0 Å². The van der Waals surface area contributed by atoms with Crippen LogP contribution in [-0.4, -0.2) is 12.2 Å². The fourth-order valence-electron chi connectivity index (χ4n) is 1.19. The van der Waals surface area contributed by atoms with E-state index in [0.717, 1.165) is 12.0 Å². The summed E-state index contributed by atoms with van der Waals surface area (Å²) in [7, 11) is 0. The van der Waals surface area contributed by atoms with Crippen molar-refractivity contribution in [1.29, 1.82) is 0 Å². The Morgan fingerprint density at radius 1 is 1.56 bits per heavy atom. The normalized spacial score (nSPS) is 11.9. The van der Waals surface area contributed by atoms with Gasteiger partial charge in [-0.05, 0) is 31.0 Å². The number of anilines is 1. The Morgan fingerprint density at radius 3 is 2.94 bits per heavy atom. The second-order valence-corrected chi connectivity index (χ2v) is 3.65. The smallest absolute Gasteiger partial charge is 0.411 e. The lowest BCUT2D eigenvalue weighted by Crippen LogP contribution is -2.19. The van der Waals surface area contributed by atoms with Crippen LogP contribution in [0.2, 0.25) is 0 Å². The molecular formula is C12H18N2O2. The highest BCUT2D eigenvalue weighted by Gasteiger charge is 2.07. The van der Waals surface area contributed by atoms with E-state index in [0.29, 0.717) is 12.2 Å². The zero-order valence-corrected chi connectivity index (χ0v) is 9.69. The minimum Gasteiger partial charge on any atom is -0.446 e. The van der Waals surface area contributed by atoms with Crippen LogP contribution in [0, 0.1) is 0 Å². The molecule has 1 atom stereocenters. The third kappa shape index (κ3) is 3.90. The molecule has 0 radical (unpaired) electrons. The third-order valence-corrected chi connectivity index (χ3v) is 2.29. The van der Waals surface area contributed by atoms with Crippen molar-refractivity contribution < 1.29 is 9.53 Å². The molecule has 0 heterocycles. The maximum Gasteiger partial charge on any atom is 0.411 e. The molecule has 0 aromatic heterocycles. The monoisotopic (exact) mass is 222 g/mol. The van der Waals surface area contributed by atoms with Crippen molar-refractivity contribution in [3.8, 4) is 0 Å². The molecule has 1 aromatic rings. The lowest BCUT2D eigenvalue weighted by molar-refractivity contribution is 0.118. The first-order valence-corrected chi connectivity index (χ1v) is 5.42. The Hall–Kier alpha value is -1.55. The fraction of sp³-hybridized carbons (Fsp3) is 0.417. The predicted octanol–water partition coefficient (Wildman–Crippen LogP) is 2.49. The van der Waals surface area contributed by atoms with E-state index >= 15 is 0 Å². The number of rotatable bonds is 4. The largest absolute Gasteiger partial charge is 0.446 e. The summed E-state index contributed by atoms with van der Waals surface area (Å²) < 4.78 is 5.10. The summed E-state index contributed by atoms with van der Waals surface area (Å²) >= 11 is 0. The average Bonchev–Trinajstić information content (AvgIpc) is 2.28. The summed E-state index contributed by atoms with van der Waals surface area (Å²) in [6, 6.07) is 7.39. The van der Waals surface area contributed by atoms with E-state index in [1.165, 1.54) is 0 Å². The van der Waals surface area contributed by atoms with Crippen molar-refractivity contribution in [2.75, 3.05) is 5.32 Å². The number of amides is 1. The molecule has 0 aliphatic heterocycles. The van der Waals surface area contributed by atoms with Gasteiger partial charge in [0.15, 0.2) is 0 Å². The number of carbonyl (C=O) groups excluding carboxylic acids is 1. The third-order valence-electron chi connectivity index (χ3n) is 2.29. The molecule has 4 heteroatoms. The van der Waals surface area contributed by atoms with Crippen LogP contribution in [0.1, 0.15) is 25.8 Å². The van der Waals surface area contributed by atoms with Crippen LogP contribution in [0.3, 0.4) is 0 Å². The van der Waals surface area contributed by atoms with Gasteiger partial charge in [-0.15, -0.1) is 0 Å². The van der Waals surface area contributed by atoms with Crippen LogP contribution < -0.4 is 11.1 Å². The molecule has 4 nitrogen and oxygen atoms in total. The van der Waals surface area contributed by atoms with Crippen LogP contribution in [-0.2, 0) is 11.3 Å². The number of hydrogen-bond acceptors (Lipinski definition) is 3. The fourth-order valence-corrected chi connectivity index (χ4v) is 1.19. The predicted molar refractivity (Wildman–Crippen MR) is 64.2 cm³/mol. The number of nitrogens with one attached hydrogen (secondary N) is 1. The van der Waals surface area contributed by atoms with Gasteiger partial charge in [0, 0.05) is 12.2 Å². The van der Waals surface area contributed by atoms with Crippen LogP contribution in [0.25, 0.3) is 0 Å². The van der Waals surface area contributed by atoms with Crippen molar-refractivity contribution in [2.45, 2.75) is 32.9 Å². The molecule has 1 amide bonds. The maximum atomic E-state index is 11.4. The number of benzene rings is 1. The maximum absolute atomic E-state index is 11.4. The molecule has 0 bridgehead atoms. The van der Waals surface area contributed by atoms with E-state index in [9.17, 15) is 4.79 Å². The molecule has 88 valence electrons. The van der Waals surface area contributed by atoms with Gasteiger partial charge in [-0.3, -0.25) is 5.32 Å². The second kappa shape index (κ2) is 6.12. The van der Waals surface area contributed by atoms with E-state index in [-0.39, 0.29) is 6.10 Å². The Kier molecular flexibility index (Phi) is 4.79. The van der Waals surface area contributed by atoms with Gasteiger partial charge in [0.25, 0.3) is 0 Å². The summed E-state index contributed by atoms with van der Waals surface area (Å²) in [4.78, 5) is 11.4. The molecular weight excluding hydrogens is 204 g/mol. The van der Waals surface area contributed by atoms with Gasteiger partial charge in [0.1, 0.15) is 6.10 Å². The Bertz CT molecular complexity index is 353. The molecule has 0 saturated heterocycles. The van der Waals surface area contributed by atoms with Crippen molar-refractivity contribution in [3.63, 3.8) is 0 Å². The highest BCUT2D eigenvalue weighted by molar-refractivity contribution is 5.84. The molecule has 1 aromatic carbocycles. The van der Waals surface area contributed by atoms with E-state index in [2.05, 4.69) is 5.32 Å². The van der Waals surface area contributed by atoms with E-state index in [4.69, 9.17) is 10.5 Å². The molecule has 0 spiro atoms. The zero-order valence-electron chi connectivity index (χ0n) is 9.69. The van der Waals surface area contributed by atoms with Crippen molar-refractivity contribution in [3.05, 3.63) is 29.8 Å². The lowest BCUT2D eigenvalue weighted by Gasteiger charge is -2.12. The van der Waals surface area contributed by atoms with Crippen molar-refractivity contribution in [2.24, 2.45) is 5.73 Å². The summed E-state index contributed by atoms with van der Waals surface area (Å²) in [5.41, 5.74) is 7.19. The number of carbonyl (C=O) groups is 1. The summed E-state index contributed by atoms with van der Waals surface area (Å²) in [5.74, 6) is 0. The number of nitrogens with two attached hydrogens (primary N) is 1. The molecule has 1 rings (SSSR count). The molecule has 1 unspecified atom stereocenters. The van der Waals surface area contributed by atoms with Gasteiger partial charge in [-0.2, -0.15) is 0 Å². The van der Waals surface area contributed by atoms with E-state index in [1.54, 1.807) is 6.07 Å². The van der Waals surface area contributed by atoms with Crippen LogP contribution in [0.15, 0.2) is 24.3 Å². The van der Waals surface area contributed by atoms with Gasteiger partial charge >= 0.3 is 6.09 Å². The van der Waals surface area contributed by atoms with Gasteiger partial charge in [-0.25, -0.2) is 4.79 Å². The molecule has 0 aliphatic carbocycles. The topological polar surface area (TPSA) is 64.3 Å². The van der Waals surface area contributed by atoms with Gasteiger partial charge < -0.3 is 10.5 Å². The van der Waals surface area contributed by atoms with Crippen molar-refractivity contribution in [1.82, 2.24) is 0 Å². The first kappa shape index (κ1) is 12.5. The van der Waals surface area contributed by atoms with Crippen LogP contribution >= 0.6 is 0 Å². The second-order valence-electron chi connectivity index (χ2n) is 3.65. The SMILES string of the molecule is CCC(C)OC(=O)Nc1cccc(CN)c1. The molecule has 0 fully saturated rings. The van der Waals surface area contributed by atoms with Crippen LogP contribution in [0.4, 0.5) is 10.5 Å². The minimum absolute atomic E-state index is 0.0716. The van der Waals surface area contributed by atoms with E-state index < -0.39 is 6.09 Å². The van der Waals surface area contributed by atoms with E-state index in [1.807, 2.05) is 32.0 Å². The lowest BCUT2D eigenvalue weighted by atomic mass is 10.2. The summed E-state index contributed by atoms with van der Waals surface area (Å²) in [6.07, 6.45) is 0.303. The highest BCUT2D eigenvalue weighted by atomic mass is 16.6. The first-order chi connectivity index (χ1) is 7.65. The minimum atomic E-state index is -0.427. The summed E-state index contributed by atoms with van der Waals surface area (Å²) in [6.45, 7) is 4.28. The average molecular weight is 222 g/mol. The number of hydrogen-bond donors (Lipinski definition) is 2. The van der Waals surface area contributed by atoms with Gasteiger partial charge in [0.05, 0.1) is 0 Å². The standard InChI is InChI=1S/C12H18N2O2/c1-3-9(2)16-12(15)14-11-6-4-5-10(7-11)8-13/h4-7,9H,3,8,13H2,1-2H3,(H,14,15). The summed E-state index contributed by atoms with van der Waals surface area (Å²) in [5, 5.41) is 2.67. The Balaban J connectivity index is 2.55. The number of ether oxygens (including phenoxy) is 1.